The van der Waals surface area contributed by atoms with E-state index in [2.05, 4.69) is 10.3 Å². The van der Waals surface area contributed by atoms with Crippen LogP contribution in [0.15, 0.2) is 12.5 Å². The summed E-state index contributed by atoms with van der Waals surface area (Å²) in [6.45, 7) is 1.60. The first-order valence-corrected chi connectivity index (χ1v) is 5.15. The number of likely N-dealkylation sites (tertiary alicyclic amines) is 1. The van der Waals surface area contributed by atoms with Crippen molar-refractivity contribution in [2.75, 3.05) is 20.1 Å². The number of hydrogen-bond acceptors (Lipinski definition) is 3. The van der Waals surface area contributed by atoms with Crippen LogP contribution in [0, 0.1) is 0 Å². The lowest BCUT2D eigenvalue weighted by Gasteiger charge is -2.14. The van der Waals surface area contributed by atoms with Gasteiger partial charge in [0.1, 0.15) is 5.69 Å². The highest BCUT2D eigenvalue weighted by Gasteiger charge is 2.26. The maximum absolute atomic E-state index is 11.9. The van der Waals surface area contributed by atoms with Crippen LogP contribution >= 0.6 is 0 Å². The number of nitrogens with zero attached hydrogens (tertiary/aromatic N) is 3. The summed E-state index contributed by atoms with van der Waals surface area (Å²) < 4.78 is 1.79. The first-order valence-electron chi connectivity index (χ1n) is 5.15. The minimum atomic E-state index is 0.0355. The van der Waals surface area contributed by atoms with Gasteiger partial charge in [-0.25, -0.2) is 4.98 Å². The molecule has 0 radical (unpaired) electrons. The van der Waals surface area contributed by atoms with Crippen LogP contribution in [-0.2, 0) is 7.05 Å². The molecule has 0 bridgehead atoms. The van der Waals surface area contributed by atoms with E-state index in [0.29, 0.717) is 11.7 Å². The van der Waals surface area contributed by atoms with Gasteiger partial charge >= 0.3 is 0 Å². The van der Waals surface area contributed by atoms with Crippen LogP contribution in [0.1, 0.15) is 16.9 Å². The maximum atomic E-state index is 11.9. The Bertz CT molecular complexity index is 360. The Balaban J connectivity index is 2.03. The highest BCUT2D eigenvalue weighted by Crippen LogP contribution is 2.12. The number of aryl methyl sites for hydroxylation is 1. The molecule has 1 unspecified atom stereocenters. The minimum absolute atomic E-state index is 0.0355. The summed E-state index contributed by atoms with van der Waals surface area (Å²) in [5, 5.41) is 3.19. The molecule has 5 nitrogen and oxygen atoms in total. The first kappa shape index (κ1) is 10.2. The number of carbonyl (C=O) groups is 1. The van der Waals surface area contributed by atoms with Gasteiger partial charge in [0.05, 0.1) is 6.33 Å². The molecule has 1 aliphatic rings. The lowest BCUT2D eigenvalue weighted by atomic mass is 10.3. The lowest BCUT2D eigenvalue weighted by molar-refractivity contribution is 0.0784. The standard InChI is InChI=1S/C10H16N4O/c1-11-8-3-4-14(5-8)10(15)9-6-13(2)7-12-9/h6-8,11H,3-5H2,1-2H3. The molecule has 82 valence electrons. The fourth-order valence-corrected chi connectivity index (χ4v) is 1.87. The summed E-state index contributed by atoms with van der Waals surface area (Å²) in [5.74, 6) is 0.0355. The predicted molar refractivity (Wildman–Crippen MR) is 56.6 cm³/mol. The Morgan fingerprint density at radius 2 is 2.47 bits per heavy atom. The van der Waals surface area contributed by atoms with Gasteiger partial charge in [0.25, 0.3) is 5.91 Å². The average molecular weight is 208 g/mol. The van der Waals surface area contributed by atoms with E-state index in [1.54, 1.807) is 17.1 Å². The Labute approximate surface area is 89.1 Å². The van der Waals surface area contributed by atoms with Crippen molar-refractivity contribution in [1.29, 1.82) is 0 Å². The Morgan fingerprint density at radius 1 is 1.67 bits per heavy atom. The van der Waals surface area contributed by atoms with Crippen molar-refractivity contribution in [3.8, 4) is 0 Å². The molecule has 1 atom stereocenters. The Kier molecular flexibility index (Phi) is 2.73. The minimum Gasteiger partial charge on any atom is -0.340 e. The van der Waals surface area contributed by atoms with Crippen LogP contribution < -0.4 is 5.32 Å². The van der Waals surface area contributed by atoms with Crippen LogP contribution in [0.3, 0.4) is 0 Å². The third-order valence-corrected chi connectivity index (χ3v) is 2.81. The third-order valence-electron chi connectivity index (χ3n) is 2.81. The molecule has 1 fully saturated rings. The molecule has 0 spiro atoms. The molecule has 1 aromatic rings. The van der Waals surface area contributed by atoms with Crippen LogP contribution in [0.25, 0.3) is 0 Å². The molecule has 1 aromatic heterocycles. The van der Waals surface area contributed by atoms with E-state index in [1.165, 1.54) is 0 Å². The number of aromatic nitrogens is 2. The van der Waals surface area contributed by atoms with Gasteiger partial charge in [-0.3, -0.25) is 4.79 Å². The number of carbonyl (C=O) groups excluding carboxylic acids is 1. The van der Waals surface area contributed by atoms with Crippen molar-refractivity contribution in [1.82, 2.24) is 19.8 Å². The zero-order chi connectivity index (χ0) is 10.8. The van der Waals surface area contributed by atoms with Crippen molar-refractivity contribution in [2.24, 2.45) is 7.05 Å². The molecular weight excluding hydrogens is 192 g/mol. The molecule has 2 heterocycles. The van der Waals surface area contributed by atoms with Gasteiger partial charge in [-0.1, -0.05) is 0 Å². The zero-order valence-corrected chi connectivity index (χ0v) is 9.10. The van der Waals surface area contributed by atoms with Gasteiger partial charge in [0.2, 0.25) is 0 Å². The molecule has 15 heavy (non-hydrogen) atoms. The molecule has 1 amide bonds. The quantitative estimate of drug-likeness (QED) is 0.735. The van der Waals surface area contributed by atoms with Gasteiger partial charge in [-0.2, -0.15) is 0 Å². The number of rotatable bonds is 2. The van der Waals surface area contributed by atoms with E-state index in [9.17, 15) is 4.79 Å². The topological polar surface area (TPSA) is 50.2 Å². The molecule has 2 rings (SSSR count). The number of likely N-dealkylation sites (N-methyl/N-ethyl adjacent to an activating group) is 1. The molecular formula is C10H16N4O. The van der Waals surface area contributed by atoms with Crippen molar-refractivity contribution < 1.29 is 4.79 Å². The van der Waals surface area contributed by atoms with Crippen LogP contribution in [0.5, 0.6) is 0 Å². The monoisotopic (exact) mass is 208 g/mol. The van der Waals surface area contributed by atoms with E-state index < -0.39 is 0 Å². The highest BCUT2D eigenvalue weighted by atomic mass is 16.2. The molecule has 1 N–H and O–H groups in total. The predicted octanol–water partition coefficient (Wildman–Crippen LogP) is -0.146. The smallest absolute Gasteiger partial charge is 0.274 e. The summed E-state index contributed by atoms with van der Waals surface area (Å²) >= 11 is 0. The highest BCUT2D eigenvalue weighted by molar-refractivity contribution is 5.92. The van der Waals surface area contributed by atoms with Crippen LogP contribution in [0.4, 0.5) is 0 Å². The maximum Gasteiger partial charge on any atom is 0.274 e. The van der Waals surface area contributed by atoms with Crippen molar-refractivity contribution in [3.63, 3.8) is 0 Å². The second kappa shape index (κ2) is 4.02. The summed E-state index contributed by atoms with van der Waals surface area (Å²) in [4.78, 5) is 17.9. The van der Waals surface area contributed by atoms with Gasteiger partial charge in [0.15, 0.2) is 0 Å². The largest absolute Gasteiger partial charge is 0.340 e. The van der Waals surface area contributed by atoms with E-state index in [0.717, 1.165) is 19.5 Å². The van der Waals surface area contributed by atoms with Crippen molar-refractivity contribution in [3.05, 3.63) is 18.2 Å². The summed E-state index contributed by atoms with van der Waals surface area (Å²) in [6, 6.07) is 0.428. The van der Waals surface area contributed by atoms with Crippen molar-refractivity contribution in [2.45, 2.75) is 12.5 Å². The van der Waals surface area contributed by atoms with Gasteiger partial charge in [0, 0.05) is 32.4 Å². The fourth-order valence-electron chi connectivity index (χ4n) is 1.87. The summed E-state index contributed by atoms with van der Waals surface area (Å²) in [7, 11) is 3.80. The molecule has 5 heteroatoms. The van der Waals surface area contributed by atoms with Gasteiger partial charge < -0.3 is 14.8 Å². The van der Waals surface area contributed by atoms with Crippen molar-refractivity contribution >= 4 is 5.91 Å². The van der Waals surface area contributed by atoms with Gasteiger partial charge in [-0.05, 0) is 13.5 Å². The average Bonchev–Trinajstić information content (AvgIpc) is 2.84. The Hall–Kier alpha value is -1.36. The first-order chi connectivity index (χ1) is 7.20. The zero-order valence-electron chi connectivity index (χ0n) is 9.10. The second-order valence-corrected chi connectivity index (χ2v) is 3.95. The summed E-state index contributed by atoms with van der Waals surface area (Å²) in [5.41, 5.74) is 0.536. The van der Waals surface area contributed by atoms with Gasteiger partial charge in [-0.15, -0.1) is 0 Å². The molecule has 0 aromatic carbocycles. The number of amides is 1. The van der Waals surface area contributed by atoms with E-state index in [4.69, 9.17) is 0 Å². The lowest BCUT2D eigenvalue weighted by Crippen LogP contribution is -2.33. The van der Waals surface area contributed by atoms with Crippen LogP contribution in [0.2, 0.25) is 0 Å². The molecule has 1 saturated heterocycles. The van der Waals surface area contributed by atoms with E-state index >= 15 is 0 Å². The van der Waals surface area contributed by atoms with E-state index in [1.807, 2.05) is 19.0 Å². The number of hydrogen-bond donors (Lipinski definition) is 1. The number of nitrogens with one attached hydrogen (secondary N) is 1. The molecule has 0 saturated carbocycles. The number of imidazole rings is 1. The third kappa shape index (κ3) is 2.02. The van der Waals surface area contributed by atoms with Crippen LogP contribution in [-0.4, -0.2) is 46.5 Å². The fraction of sp³-hybridized carbons (Fsp3) is 0.600. The molecule has 1 aliphatic heterocycles. The normalized spacial score (nSPS) is 20.9. The molecule has 0 aliphatic carbocycles. The summed E-state index contributed by atoms with van der Waals surface area (Å²) in [6.07, 6.45) is 4.43. The second-order valence-electron chi connectivity index (χ2n) is 3.95. The SMILES string of the molecule is CNC1CCN(C(=O)c2cn(C)cn2)C1. The van der Waals surface area contributed by atoms with E-state index in [-0.39, 0.29) is 5.91 Å². The Morgan fingerprint density at radius 3 is 3.00 bits per heavy atom.